The fourth-order valence-corrected chi connectivity index (χ4v) is 2.62. The summed E-state index contributed by atoms with van der Waals surface area (Å²) in [4.78, 5) is 25.2. The van der Waals surface area contributed by atoms with E-state index < -0.39 is 5.97 Å². The van der Waals surface area contributed by atoms with Crippen LogP contribution in [0.15, 0.2) is 17.5 Å². The van der Waals surface area contributed by atoms with Crippen LogP contribution in [0.3, 0.4) is 0 Å². The zero-order chi connectivity index (χ0) is 14.4. The second kappa shape index (κ2) is 7.09. The summed E-state index contributed by atoms with van der Waals surface area (Å²) in [6, 6.07) is 1.94. The lowest BCUT2D eigenvalue weighted by Crippen LogP contribution is -2.34. The van der Waals surface area contributed by atoms with Gasteiger partial charge in [-0.3, -0.25) is 4.79 Å². The van der Waals surface area contributed by atoms with Crippen LogP contribution >= 0.6 is 11.3 Å². The van der Waals surface area contributed by atoms with Crippen molar-refractivity contribution in [2.24, 2.45) is 0 Å². The number of carbonyl (C=O) groups is 2. The van der Waals surface area contributed by atoms with Gasteiger partial charge in [-0.2, -0.15) is 0 Å². The van der Waals surface area contributed by atoms with Gasteiger partial charge in [0.05, 0.1) is 4.88 Å². The molecule has 1 aromatic heterocycles. The summed E-state index contributed by atoms with van der Waals surface area (Å²) in [7, 11) is 1.78. The van der Waals surface area contributed by atoms with Crippen LogP contribution in [-0.2, 0) is 4.79 Å². The van der Waals surface area contributed by atoms with Gasteiger partial charge in [0.2, 0.25) is 0 Å². The molecule has 1 rings (SSSR count). The molecule has 1 amide bonds. The molecule has 0 aromatic carbocycles. The molecule has 0 radical (unpaired) electrons. The third-order valence-electron chi connectivity index (χ3n) is 2.98. The van der Waals surface area contributed by atoms with Crippen molar-refractivity contribution < 1.29 is 14.7 Å². The van der Waals surface area contributed by atoms with Gasteiger partial charge >= 0.3 is 5.97 Å². The average molecular weight is 281 g/mol. The van der Waals surface area contributed by atoms with Gasteiger partial charge in [-0.05, 0) is 36.4 Å². The van der Waals surface area contributed by atoms with Gasteiger partial charge in [0.15, 0.2) is 0 Å². The molecule has 1 N–H and O–H groups in total. The molecule has 0 saturated heterocycles. The topological polar surface area (TPSA) is 57.6 Å². The molecule has 0 fully saturated rings. The maximum atomic E-state index is 12.3. The number of hydrogen-bond acceptors (Lipinski definition) is 3. The number of amides is 1. The summed E-state index contributed by atoms with van der Waals surface area (Å²) in [6.07, 6.45) is 4.49. The zero-order valence-electron chi connectivity index (χ0n) is 11.4. The van der Waals surface area contributed by atoms with Crippen molar-refractivity contribution >= 4 is 29.3 Å². The third kappa shape index (κ3) is 4.21. The monoisotopic (exact) mass is 281 g/mol. The fourth-order valence-electron chi connectivity index (χ4n) is 1.76. The standard InChI is InChI=1S/C14H19NO3S/c1-4-5-10(2)15(3)14(18)13-11(8-9-19-13)6-7-12(16)17/h6-10H,4-5H2,1-3H3,(H,16,17). The second-order valence-corrected chi connectivity index (χ2v) is 5.35. The van der Waals surface area contributed by atoms with Crippen LogP contribution in [0.5, 0.6) is 0 Å². The first kappa shape index (κ1) is 15.4. The molecular weight excluding hydrogens is 262 g/mol. The van der Waals surface area contributed by atoms with Gasteiger partial charge in [-0.25, -0.2) is 4.79 Å². The molecule has 0 aliphatic carbocycles. The van der Waals surface area contributed by atoms with E-state index in [0.29, 0.717) is 10.4 Å². The van der Waals surface area contributed by atoms with Gasteiger partial charge in [0, 0.05) is 19.2 Å². The van der Waals surface area contributed by atoms with E-state index in [1.54, 1.807) is 23.4 Å². The Morgan fingerprint density at radius 3 is 2.79 bits per heavy atom. The molecule has 1 atom stereocenters. The van der Waals surface area contributed by atoms with Gasteiger partial charge in [-0.1, -0.05) is 13.3 Å². The quantitative estimate of drug-likeness (QED) is 0.815. The molecule has 0 saturated carbocycles. The Bertz CT molecular complexity index is 479. The average Bonchev–Trinajstić information content (AvgIpc) is 2.83. The predicted molar refractivity (Wildman–Crippen MR) is 77.5 cm³/mol. The van der Waals surface area contributed by atoms with Gasteiger partial charge in [0.1, 0.15) is 0 Å². The van der Waals surface area contributed by atoms with Crippen LogP contribution in [0, 0.1) is 0 Å². The number of carboxylic acids is 1. The van der Waals surface area contributed by atoms with Gasteiger partial charge in [-0.15, -0.1) is 11.3 Å². The van der Waals surface area contributed by atoms with E-state index in [1.807, 2.05) is 6.92 Å². The molecule has 0 spiro atoms. The lowest BCUT2D eigenvalue weighted by atomic mass is 10.1. The Kier molecular flexibility index (Phi) is 5.76. The highest BCUT2D eigenvalue weighted by Gasteiger charge is 2.20. The molecule has 0 aliphatic heterocycles. The Morgan fingerprint density at radius 1 is 1.53 bits per heavy atom. The molecule has 0 bridgehead atoms. The maximum Gasteiger partial charge on any atom is 0.328 e. The van der Waals surface area contributed by atoms with Crippen molar-refractivity contribution in [1.29, 1.82) is 0 Å². The van der Waals surface area contributed by atoms with E-state index in [0.717, 1.165) is 18.9 Å². The van der Waals surface area contributed by atoms with Gasteiger partial charge in [0.25, 0.3) is 5.91 Å². The Hall–Kier alpha value is -1.62. The van der Waals surface area contributed by atoms with Crippen LogP contribution < -0.4 is 0 Å². The Morgan fingerprint density at radius 2 is 2.21 bits per heavy atom. The van der Waals surface area contributed by atoms with E-state index >= 15 is 0 Å². The SMILES string of the molecule is CCCC(C)N(C)C(=O)c1sccc1C=CC(=O)O. The molecule has 5 heteroatoms. The number of carbonyl (C=O) groups excluding carboxylic acids is 1. The normalized spacial score (nSPS) is 12.6. The van der Waals surface area contributed by atoms with Crippen molar-refractivity contribution in [2.75, 3.05) is 7.05 Å². The molecule has 1 aromatic rings. The molecule has 4 nitrogen and oxygen atoms in total. The molecular formula is C14H19NO3S. The van der Waals surface area contributed by atoms with Crippen LogP contribution in [0.4, 0.5) is 0 Å². The lowest BCUT2D eigenvalue weighted by molar-refractivity contribution is -0.131. The minimum atomic E-state index is -1.02. The predicted octanol–water partition coefficient (Wildman–Crippen LogP) is 3.11. The number of rotatable bonds is 6. The molecule has 1 unspecified atom stereocenters. The minimum Gasteiger partial charge on any atom is -0.478 e. The van der Waals surface area contributed by atoms with Crippen molar-refractivity contribution in [1.82, 2.24) is 4.90 Å². The highest BCUT2D eigenvalue weighted by atomic mass is 32.1. The first-order valence-corrected chi connectivity index (χ1v) is 7.11. The van der Waals surface area contributed by atoms with E-state index in [2.05, 4.69) is 6.92 Å². The highest BCUT2D eigenvalue weighted by Crippen LogP contribution is 2.21. The number of nitrogens with zero attached hydrogens (tertiary/aromatic N) is 1. The van der Waals surface area contributed by atoms with Crippen LogP contribution in [0.25, 0.3) is 6.08 Å². The molecule has 19 heavy (non-hydrogen) atoms. The molecule has 0 aliphatic rings. The van der Waals surface area contributed by atoms with E-state index in [4.69, 9.17) is 5.11 Å². The first-order chi connectivity index (χ1) is 8.97. The third-order valence-corrected chi connectivity index (χ3v) is 3.90. The fraction of sp³-hybridized carbons (Fsp3) is 0.429. The van der Waals surface area contributed by atoms with Crippen molar-refractivity contribution in [3.63, 3.8) is 0 Å². The number of thiophene rings is 1. The number of aliphatic carboxylic acids is 1. The van der Waals surface area contributed by atoms with E-state index in [-0.39, 0.29) is 11.9 Å². The highest BCUT2D eigenvalue weighted by molar-refractivity contribution is 7.12. The molecule has 1 heterocycles. The lowest BCUT2D eigenvalue weighted by Gasteiger charge is -2.24. The van der Waals surface area contributed by atoms with Crippen molar-refractivity contribution in [2.45, 2.75) is 32.7 Å². The summed E-state index contributed by atoms with van der Waals surface area (Å²) >= 11 is 1.34. The maximum absolute atomic E-state index is 12.3. The van der Waals surface area contributed by atoms with Crippen LogP contribution in [-0.4, -0.2) is 35.0 Å². The largest absolute Gasteiger partial charge is 0.478 e. The Labute approximate surface area is 117 Å². The Balaban J connectivity index is 2.88. The summed E-state index contributed by atoms with van der Waals surface area (Å²) < 4.78 is 0. The summed E-state index contributed by atoms with van der Waals surface area (Å²) in [5.74, 6) is -1.07. The van der Waals surface area contributed by atoms with E-state index in [1.165, 1.54) is 17.4 Å². The van der Waals surface area contributed by atoms with Crippen LogP contribution in [0.2, 0.25) is 0 Å². The second-order valence-electron chi connectivity index (χ2n) is 4.43. The number of carboxylic acid groups (broad SMARTS) is 1. The zero-order valence-corrected chi connectivity index (χ0v) is 12.2. The summed E-state index contributed by atoms with van der Waals surface area (Å²) in [5.41, 5.74) is 0.660. The number of hydrogen-bond donors (Lipinski definition) is 1. The van der Waals surface area contributed by atoms with Crippen LogP contribution in [0.1, 0.15) is 41.9 Å². The summed E-state index contributed by atoms with van der Waals surface area (Å²) in [6.45, 7) is 4.10. The van der Waals surface area contributed by atoms with Crippen molar-refractivity contribution in [3.05, 3.63) is 28.0 Å². The van der Waals surface area contributed by atoms with Gasteiger partial charge < -0.3 is 10.0 Å². The van der Waals surface area contributed by atoms with E-state index in [9.17, 15) is 9.59 Å². The smallest absolute Gasteiger partial charge is 0.328 e. The van der Waals surface area contributed by atoms with Crippen molar-refractivity contribution in [3.8, 4) is 0 Å². The molecule has 104 valence electrons. The minimum absolute atomic E-state index is 0.0546. The summed E-state index contributed by atoms with van der Waals surface area (Å²) in [5, 5.41) is 10.4. The first-order valence-electron chi connectivity index (χ1n) is 6.23.